The van der Waals surface area contributed by atoms with Gasteiger partial charge in [0.05, 0.1) is 5.75 Å². The maximum absolute atomic E-state index is 12.6. The first-order chi connectivity index (χ1) is 10.5. The van der Waals surface area contributed by atoms with E-state index in [4.69, 9.17) is 5.39 Å². The number of carbonyl (C=O) groups excluding carboxylic acids is 1. The van der Waals surface area contributed by atoms with Gasteiger partial charge < -0.3 is 4.90 Å². The van der Waals surface area contributed by atoms with E-state index in [0.29, 0.717) is 17.7 Å². The molecule has 7 heteroatoms. The van der Waals surface area contributed by atoms with Gasteiger partial charge in [0.1, 0.15) is 0 Å². The van der Waals surface area contributed by atoms with E-state index in [2.05, 4.69) is 4.98 Å². The fourth-order valence-electron chi connectivity index (χ4n) is 1.99. The number of hydrogen-bond donors (Lipinski definition) is 0. The molecule has 0 spiro atoms. The normalized spacial score (nSPS) is 10.7. The molecule has 2 aromatic carbocycles. The highest BCUT2D eigenvalue weighted by molar-refractivity contribution is 7.90. The largest absolute Gasteiger partial charge is 0.403 e. The van der Waals surface area contributed by atoms with E-state index < -0.39 is 9.84 Å². The smallest absolute Gasteiger partial charge is 0.318 e. The molecule has 0 aliphatic rings. The summed E-state index contributed by atoms with van der Waals surface area (Å²) in [6.07, 6.45) is 0.568. The summed E-state index contributed by atoms with van der Waals surface area (Å²) in [5, 5.41) is 9.01. The van der Waals surface area contributed by atoms with Crippen LogP contribution in [-0.2, 0) is 20.4 Å². The molecule has 112 valence electrons. The van der Waals surface area contributed by atoms with Crippen LogP contribution in [0.25, 0.3) is 4.98 Å². The van der Waals surface area contributed by atoms with Gasteiger partial charge in [0.2, 0.25) is 11.8 Å². The van der Waals surface area contributed by atoms with Gasteiger partial charge in [0.25, 0.3) is 0 Å². The molecule has 0 unspecified atom stereocenters. The van der Waals surface area contributed by atoms with E-state index in [1.165, 1.54) is 30.1 Å². The number of sulfone groups is 1. The van der Waals surface area contributed by atoms with Crippen LogP contribution in [0.5, 0.6) is 0 Å². The Morgan fingerprint density at radius 1 is 1.18 bits per heavy atom. The van der Waals surface area contributed by atoms with Crippen molar-refractivity contribution < 1.29 is 13.2 Å². The van der Waals surface area contributed by atoms with E-state index >= 15 is 0 Å². The second-order valence-corrected chi connectivity index (χ2v) is 6.67. The molecule has 22 heavy (non-hydrogen) atoms. The fraction of sp³-hybridized carbons (Fsp3) is 0.133. The lowest BCUT2D eigenvalue weighted by Crippen LogP contribution is -2.14. The van der Waals surface area contributed by atoms with Crippen LogP contribution in [0.2, 0.25) is 0 Å². The van der Waals surface area contributed by atoms with Crippen LogP contribution in [0, 0.1) is 5.39 Å². The van der Waals surface area contributed by atoms with Crippen molar-refractivity contribution in [3.63, 3.8) is 0 Å². The van der Waals surface area contributed by atoms with Gasteiger partial charge in [0, 0.05) is 18.8 Å². The highest BCUT2D eigenvalue weighted by atomic mass is 32.2. The molecule has 0 aliphatic heterocycles. The number of hydrogen-bond acceptors (Lipinski definition) is 4. The number of benzene rings is 2. The van der Waals surface area contributed by atoms with E-state index in [1.807, 2.05) is 0 Å². The first-order valence-corrected chi connectivity index (χ1v) is 8.07. The van der Waals surface area contributed by atoms with Gasteiger partial charge in [-0.25, -0.2) is 8.42 Å². The van der Waals surface area contributed by atoms with Gasteiger partial charge in [0.15, 0.2) is 19.7 Å². The SMILES string of the molecule is CN(C=O)c1ccc([N+]#N)c(S(=O)(=O)Cc2ccccc2)c1. The predicted octanol–water partition coefficient (Wildman–Crippen LogP) is 2.74. The van der Waals surface area contributed by atoms with Crippen LogP contribution in [0.3, 0.4) is 0 Å². The standard InChI is InChI=1S/C15H14N3O3S/c1-18(11-19)13-7-8-14(17-16)15(9-13)22(20,21)10-12-5-3-2-4-6-12/h2-9,11H,10H2,1H3/q+1. The number of amides is 1. The third kappa shape index (κ3) is 3.30. The lowest BCUT2D eigenvalue weighted by Gasteiger charge is -2.11. The zero-order valence-electron chi connectivity index (χ0n) is 11.9. The summed E-state index contributed by atoms with van der Waals surface area (Å²) in [4.78, 5) is 15.0. The molecule has 2 rings (SSSR count). The van der Waals surface area contributed by atoms with Crippen LogP contribution in [0.15, 0.2) is 53.4 Å². The third-order valence-electron chi connectivity index (χ3n) is 3.15. The Balaban J connectivity index is 2.49. The van der Waals surface area contributed by atoms with E-state index in [1.54, 1.807) is 30.3 Å². The van der Waals surface area contributed by atoms with Crippen molar-refractivity contribution in [2.24, 2.45) is 0 Å². The highest BCUT2D eigenvalue weighted by Gasteiger charge is 2.27. The molecule has 0 fully saturated rings. The van der Waals surface area contributed by atoms with Crippen LogP contribution in [0.1, 0.15) is 5.56 Å². The number of carbonyl (C=O) groups is 1. The van der Waals surface area contributed by atoms with Crippen molar-refractivity contribution in [1.29, 1.82) is 5.39 Å². The molecule has 2 aromatic rings. The Labute approximate surface area is 128 Å². The molecule has 0 saturated carbocycles. The summed E-state index contributed by atoms with van der Waals surface area (Å²) in [6, 6.07) is 12.9. The second-order valence-electron chi connectivity index (χ2n) is 4.71. The van der Waals surface area contributed by atoms with Gasteiger partial charge in [-0.15, -0.1) is 0 Å². The predicted molar refractivity (Wildman–Crippen MR) is 83.0 cm³/mol. The van der Waals surface area contributed by atoms with Gasteiger partial charge in [-0.2, -0.15) is 0 Å². The van der Waals surface area contributed by atoms with E-state index in [9.17, 15) is 13.2 Å². The minimum Gasteiger partial charge on any atom is -0.318 e. The molecule has 0 atom stereocenters. The first kappa shape index (κ1) is 15.7. The summed E-state index contributed by atoms with van der Waals surface area (Å²) in [7, 11) is -2.21. The Bertz CT molecular complexity index is 827. The quantitative estimate of drug-likeness (QED) is 0.627. The molecule has 1 amide bonds. The summed E-state index contributed by atoms with van der Waals surface area (Å²) >= 11 is 0. The van der Waals surface area contributed by atoms with Gasteiger partial charge in [-0.1, -0.05) is 30.3 Å². The van der Waals surface area contributed by atoms with Gasteiger partial charge in [-0.3, -0.25) is 4.79 Å². The molecule has 0 aliphatic carbocycles. The number of nitrogens with zero attached hydrogens (tertiary/aromatic N) is 3. The second kappa shape index (κ2) is 6.37. The lowest BCUT2D eigenvalue weighted by molar-refractivity contribution is -0.107. The van der Waals surface area contributed by atoms with Crippen molar-refractivity contribution >= 4 is 27.6 Å². The number of anilines is 1. The summed E-state index contributed by atoms with van der Waals surface area (Å²) in [6.45, 7) is 0. The summed E-state index contributed by atoms with van der Waals surface area (Å²) in [5.41, 5.74) is 0.966. The molecule has 0 bridgehead atoms. The first-order valence-electron chi connectivity index (χ1n) is 6.42. The average molecular weight is 316 g/mol. The molecular weight excluding hydrogens is 302 g/mol. The zero-order valence-corrected chi connectivity index (χ0v) is 12.7. The topological polar surface area (TPSA) is 82.6 Å². The van der Waals surface area contributed by atoms with Crippen molar-refractivity contribution in [2.45, 2.75) is 10.6 Å². The fourth-order valence-corrected chi connectivity index (χ4v) is 3.50. The molecule has 0 saturated heterocycles. The Morgan fingerprint density at radius 2 is 1.86 bits per heavy atom. The minimum absolute atomic E-state index is 0.0565. The molecule has 0 radical (unpaired) electrons. The minimum atomic E-state index is -3.72. The number of rotatable bonds is 5. The molecular formula is C15H14N3O3S+. The highest BCUT2D eigenvalue weighted by Crippen LogP contribution is 2.31. The summed E-state index contributed by atoms with van der Waals surface area (Å²) in [5.74, 6) is -0.218. The van der Waals surface area contributed by atoms with Crippen LogP contribution < -0.4 is 4.90 Å². The van der Waals surface area contributed by atoms with E-state index in [-0.39, 0.29) is 16.3 Å². The molecule has 6 nitrogen and oxygen atoms in total. The van der Waals surface area contributed by atoms with Crippen molar-refractivity contribution in [2.75, 3.05) is 11.9 Å². The maximum atomic E-state index is 12.6. The van der Waals surface area contributed by atoms with Crippen LogP contribution in [-0.4, -0.2) is 21.9 Å². The Hall–Kier alpha value is -2.72. The van der Waals surface area contributed by atoms with Gasteiger partial charge >= 0.3 is 5.69 Å². The van der Waals surface area contributed by atoms with Crippen LogP contribution in [0.4, 0.5) is 11.4 Å². The Morgan fingerprint density at radius 3 is 2.45 bits per heavy atom. The van der Waals surface area contributed by atoms with Crippen molar-refractivity contribution in [1.82, 2.24) is 0 Å². The van der Waals surface area contributed by atoms with Gasteiger partial charge in [-0.05, 0) is 17.7 Å². The average Bonchev–Trinajstić information content (AvgIpc) is 2.54. The van der Waals surface area contributed by atoms with Crippen molar-refractivity contribution in [3.8, 4) is 0 Å². The number of diazo groups is 1. The molecule has 0 heterocycles. The van der Waals surface area contributed by atoms with E-state index in [0.717, 1.165) is 0 Å². The molecule has 0 N–H and O–H groups in total. The van der Waals surface area contributed by atoms with Crippen molar-refractivity contribution in [3.05, 3.63) is 59.1 Å². The third-order valence-corrected chi connectivity index (χ3v) is 4.86. The lowest BCUT2D eigenvalue weighted by atomic mass is 10.2. The maximum Gasteiger partial charge on any atom is 0.403 e. The zero-order chi connectivity index (χ0) is 16.2. The summed E-state index contributed by atoms with van der Waals surface area (Å²) < 4.78 is 25.1. The monoisotopic (exact) mass is 316 g/mol. The van der Waals surface area contributed by atoms with Crippen LogP contribution >= 0.6 is 0 Å². The molecule has 0 aromatic heterocycles. The Kier molecular flexibility index (Phi) is 4.53.